The molecule has 0 N–H and O–H groups in total. The van der Waals surface area contributed by atoms with E-state index in [2.05, 4.69) is 26.0 Å². The van der Waals surface area contributed by atoms with E-state index in [0.717, 1.165) is 12.2 Å². The van der Waals surface area contributed by atoms with E-state index in [0.29, 0.717) is 0 Å². The predicted octanol–water partition coefficient (Wildman–Crippen LogP) is 3.51. The van der Waals surface area contributed by atoms with Crippen LogP contribution in [0.3, 0.4) is 0 Å². The summed E-state index contributed by atoms with van der Waals surface area (Å²) in [4.78, 5) is 0. The highest BCUT2D eigenvalue weighted by Crippen LogP contribution is 2.25. The zero-order valence-electron chi connectivity index (χ0n) is 8.50. The van der Waals surface area contributed by atoms with Crippen molar-refractivity contribution < 1.29 is 4.74 Å². The highest BCUT2D eigenvalue weighted by molar-refractivity contribution is 5.68. The largest absolute Gasteiger partial charge is 0.496 e. The SMILES string of the molecule is CCC=C(C)c1ccccc1OC. The quantitative estimate of drug-likeness (QED) is 0.684. The molecule has 1 rings (SSSR count). The average molecular weight is 176 g/mol. The van der Waals surface area contributed by atoms with Crippen LogP contribution in [0.4, 0.5) is 0 Å². The third-order valence-corrected chi connectivity index (χ3v) is 2.04. The minimum Gasteiger partial charge on any atom is -0.496 e. The van der Waals surface area contributed by atoms with Crippen LogP contribution in [0, 0.1) is 0 Å². The fraction of sp³-hybridized carbons (Fsp3) is 0.333. The Morgan fingerprint density at radius 1 is 1.38 bits per heavy atom. The van der Waals surface area contributed by atoms with E-state index >= 15 is 0 Å². The number of ether oxygens (including phenoxy) is 1. The van der Waals surface area contributed by atoms with Crippen LogP contribution in [-0.2, 0) is 0 Å². The maximum atomic E-state index is 5.27. The van der Waals surface area contributed by atoms with Gasteiger partial charge in [0.15, 0.2) is 0 Å². The van der Waals surface area contributed by atoms with Crippen LogP contribution in [0.15, 0.2) is 30.3 Å². The van der Waals surface area contributed by atoms with Crippen LogP contribution in [0.25, 0.3) is 5.57 Å². The van der Waals surface area contributed by atoms with E-state index in [1.807, 2.05) is 18.2 Å². The Balaban J connectivity index is 3.05. The van der Waals surface area contributed by atoms with E-state index < -0.39 is 0 Å². The van der Waals surface area contributed by atoms with Gasteiger partial charge in [0.1, 0.15) is 5.75 Å². The lowest BCUT2D eigenvalue weighted by atomic mass is 10.1. The molecule has 0 radical (unpaired) electrons. The third kappa shape index (κ3) is 2.35. The normalized spacial score (nSPS) is 11.5. The molecule has 0 unspecified atom stereocenters. The minimum absolute atomic E-state index is 0.949. The van der Waals surface area contributed by atoms with Crippen LogP contribution in [0.2, 0.25) is 0 Å². The number of rotatable bonds is 3. The Kier molecular flexibility index (Phi) is 3.56. The lowest BCUT2D eigenvalue weighted by molar-refractivity contribution is 0.413. The lowest BCUT2D eigenvalue weighted by Crippen LogP contribution is -1.88. The van der Waals surface area contributed by atoms with Gasteiger partial charge in [0.05, 0.1) is 7.11 Å². The molecule has 0 heterocycles. The van der Waals surface area contributed by atoms with Gasteiger partial charge in [-0.3, -0.25) is 0 Å². The second-order valence-electron chi connectivity index (χ2n) is 3.00. The Morgan fingerprint density at radius 3 is 2.69 bits per heavy atom. The molecular formula is C12H16O. The van der Waals surface area contributed by atoms with Crippen molar-refractivity contribution in [2.75, 3.05) is 7.11 Å². The zero-order valence-corrected chi connectivity index (χ0v) is 8.50. The van der Waals surface area contributed by atoms with Gasteiger partial charge in [-0.1, -0.05) is 31.2 Å². The van der Waals surface area contributed by atoms with Gasteiger partial charge in [0, 0.05) is 5.56 Å². The van der Waals surface area contributed by atoms with Crippen molar-refractivity contribution >= 4 is 5.57 Å². The Hall–Kier alpha value is -1.24. The van der Waals surface area contributed by atoms with Crippen molar-refractivity contribution in [3.63, 3.8) is 0 Å². The van der Waals surface area contributed by atoms with Crippen LogP contribution in [0.5, 0.6) is 5.75 Å². The van der Waals surface area contributed by atoms with Crippen molar-refractivity contribution in [1.82, 2.24) is 0 Å². The first-order valence-electron chi connectivity index (χ1n) is 4.59. The standard InChI is InChI=1S/C12H16O/c1-4-7-10(2)11-8-5-6-9-12(11)13-3/h5-9H,4H2,1-3H3. The van der Waals surface area contributed by atoms with E-state index in [1.54, 1.807) is 7.11 Å². The highest BCUT2D eigenvalue weighted by Gasteiger charge is 2.01. The molecule has 0 saturated carbocycles. The molecule has 0 aliphatic carbocycles. The molecule has 1 nitrogen and oxygen atoms in total. The van der Waals surface area contributed by atoms with Gasteiger partial charge >= 0.3 is 0 Å². The number of methoxy groups -OCH3 is 1. The van der Waals surface area contributed by atoms with Crippen LogP contribution < -0.4 is 4.74 Å². The van der Waals surface area contributed by atoms with Gasteiger partial charge < -0.3 is 4.74 Å². The van der Waals surface area contributed by atoms with E-state index in [1.165, 1.54) is 11.1 Å². The minimum atomic E-state index is 0.949. The molecule has 1 aromatic carbocycles. The van der Waals surface area contributed by atoms with Crippen molar-refractivity contribution in [3.05, 3.63) is 35.9 Å². The van der Waals surface area contributed by atoms with Crippen LogP contribution in [-0.4, -0.2) is 7.11 Å². The third-order valence-electron chi connectivity index (χ3n) is 2.04. The first-order chi connectivity index (χ1) is 6.29. The molecule has 1 heteroatoms. The summed E-state index contributed by atoms with van der Waals surface area (Å²) >= 11 is 0. The highest BCUT2D eigenvalue weighted by atomic mass is 16.5. The zero-order chi connectivity index (χ0) is 9.68. The first-order valence-corrected chi connectivity index (χ1v) is 4.59. The predicted molar refractivity (Wildman–Crippen MR) is 56.9 cm³/mol. The molecule has 0 aliphatic rings. The summed E-state index contributed by atoms with van der Waals surface area (Å²) in [7, 11) is 1.71. The van der Waals surface area contributed by atoms with Gasteiger partial charge in [0.25, 0.3) is 0 Å². The molecule has 70 valence electrons. The van der Waals surface area contributed by atoms with Crippen LogP contribution >= 0.6 is 0 Å². The summed E-state index contributed by atoms with van der Waals surface area (Å²) in [6.07, 6.45) is 3.27. The van der Waals surface area contributed by atoms with Crippen molar-refractivity contribution in [2.24, 2.45) is 0 Å². The monoisotopic (exact) mass is 176 g/mol. The molecule has 0 amide bonds. The number of para-hydroxylation sites is 1. The fourth-order valence-electron chi connectivity index (χ4n) is 1.39. The second-order valence-corrected chi connectivity index (χ2v) is 3.00. The van der Waals surface area contributed by atoms with Gasteiger partial charge in [-0.2, -0.15) is 0 Å². The van der Waals surface area contributed by atoms with E-state index in [4.69, 9.17) is 4.74 Å². The molecule has 0 fully saturated rings. The maximum Gasteiger partial charge on any atom is 0.126 e. The van der Waals surface area contributed by atoms with Gasteiger partial charge in [-0.15, -0.1) is 0 Å². The van der Waals surface area contributed by atoms with E-state index in [-0.39, 0.29) is 0 Å². The smallest absolute Gasteiger partial charge is 0.126 e. The average Bonchev–Trinajstić information content (AvgIpc) is 2.18. The lowest BCUT2D eigenvalue weighted by Gasteiger charge is -2.07. The molecule has 0 aromatic heterocycles. The first kappa shape index (κ1) is 9.85. The summed E-state index contributed by atoms with van der Waals surface area (Å²) in [5, 5.41) is 0. The van der Waals surface area contributed by atoms with Crippen molar-refractivity contribution in [2.45, 2.75) is 20.3 Å². The number of hydrogen-bond acceptors (Lipinski definition) is 1. The fourth-order valence-corrected chi connectivity index (χ4v) is 1.39. The number of hydrogen-bond donors (Lipinski definition) is 0. The molecule has 0 aliphatic heterocycles. The van der Waals surface area contributed by atoms with Crippen molar-refractivity contribution in [1.29, 1.82) is 0 Å². The molecule has 0 spiro atoms. The summed E-state index contributed by atoms with van der Waals surface area (Å²) in [6.45, 7) is 4.25. The Labute approximate surface area is 80.0 Å². The number of benzene rings is 1. The summed E-state index contributed by atoms with van der Waals surface area (Å²) in [5.41, 5.74) is 2.46. The second kappa shape index (κ2) is 4.70. The van der Waals surface area contributed by atoms with E-state index in [9.17, 15) is 0 Å². The maximum absolute atomic E-state index is 5.27. The number of allylic oxidation sites excluding steroid dienone is 2. The van der Waals surface area contributed by atoms with Gasteiger partial charge in [-0.05, 0) is 25.0 Å². The van der Waals surface area contributed by atoms with Gasteiger partial charge in [-0.25, -0.2) is 0 Å². The molecule has 1 aromatic rings. The topological polar surface area (TPSA) is 9.23 Å². The Morgan fingerprint density at radius 2 is 2.08 bits per heavy atom. The molecule has 0 bridgehead atoms. The molecule has 0 saturated heterocycles. The molecule has 0 atom stereocenters. The summed E-state index contributed by atoms with van der Waals surface area (Å²) in [6, 6.07) is 8.09. The Bertz CT molecular complexity index is 300. The van der Waals surface area contributed by atoms with Gasteiger partial charge in [0.2, 0.25) is 0 Å². The van der Waals surface area contributed by atoms with Crippen LogP contribution in [0.1, 0.15) is 25.8 Å². The summed E-state index contributed by atoms with van der Waals surface area (Å²) < 4.78 is 5.27. The molecule has 13 heavy (non-hydrogen) atoms. The molecular weight excluding hydrogens is 160 g/mol. The van der Waals surface area contributed by atoms with Crippen molar-refractivity contribution in [3.8, 4) is 5.75 Å². The summed E-state index contributed by atoms with van der Waals surface area (Å²) in [5.74, 6) is 0.949.